The molecule has 3 N–H and O–H groups in total. The number of carbonyl (C=O) groups is 2. The van der Waals surface area contributed by atoms with E-state index in [1.165, 1.54) is 0 Å². The van der Waals surface area contributed by atoms with E-state index in [0.717, 1.165) is 13.2 Å². The topological polar surface area (TPSA) is 87.7 Å². The molecule has 1 unspecified atom stereocenters. The van der Waals surface area contributed by atoms with Crippen LogP contribution < -0.4 is 10.6 Å². The van der Waals surface area contributed by atoms with Crippen molar-refractivity contribution in [1.82, 2.24) is 5.32 Å². The number of halogens is 3. The van der Waals surface area contributed by atoms with Crippen LogP contribution in [0.2, 0.25) is 5.02 Å². The van der Waals surface area contributed by atoms with Crippen LogP contribution in [0.15, 0.2) is 12.1 Å². The van der Waals surface area contributed by atoms with E-state index in [1.54, 1.807) is 0 Å². The molecule has 0 fully saturated rings. The normalized spacial score (nSPS) is 11.8. The summed E-state index contributed by atoms with van der Waals surface area (Å²) >= 11 is 5.58. The molecule has 6 nitrogen and oxygen atoms in total. The Balaban J connectivity index is 2.66. The second-order valence-electron chi connectivity index (χ2n) is 3.64. The first-order valence-electron chi connectivity index (χ1n) is 5.30. The molecule has 20 heavy (non-hydrogen) atoms. The summed E-state index contributed by atoms with van der Waals surface area (Å²) in [7, 11) is 1.16. The van der Waals surface area contributed by atoms with Crippen molar-refractivity contribution in [3.63, 3.8) is 0 Å². The van der Waals surface area contributed by atoms with Gasteiger partial charge in [-0.25, -0.2) is 18.4 Å². The molecule has 0 aliphatic carbocycles. The highest BCUT2D eigenvalue weighted by molar-refractivity contribution is 6.33. The zero-order chi connectivity index (χ0) is 15.3. The van der Waals surface area contributed by atoms with Crippen molar-refractivity contribution in [2.45, 2.75) is 6.10 Å². The van der Waals surface area contributed by atoms with Gasteiger partial charge in [0.2, 0.25) is 0 Å². The Morgan fingerprint density at radius 1 is 1.45 bits per heavy atom. The predicted molar refractivity (Wildman–Crippen MR) is 66.8 cm³/mol. The Morgan fingerprint density at radius 3 is 2.60 bits per heavy atom. The Kier molecular flexibility index (Phi) is 5.66. The third kappa shape index (κ3) is 4.32. The molecular weight excluding hydrogens is 298 g/mol. The third-order valence-corrected chi connectivity index (χ3v) is 2.55. The average molecular weight is 309 g/mol. The molecule has 1 rings (SSSR count). The Labute approximate surface area is 117 Å². The predicted octanol–water partition coefficient (Wildman–Crippen LogP) is 1.84. The number of amides is 2. The maximum Gasteiger partial charge on any atom is 0.334 e. The van der Waals surface area contributed by atoms with E-state index in [4.69, 9.17) is 16.7 Å². The van der Waals surface area contributed by atoms with Crippen LogP contribution in [-0.2, 0) is 9.53 Å². The van der Waals surface area contributed by atoms with Crippen LogP contribution in [0.3, 0.4) is 0 Å². The Hall–Kier alpha value is -1.93. The summed E-state index contributed by atoms with van der Waals surface area (Å²) in [6.07, 6.45) is -1.24. The molecule has 0 spiro atoms. The number of ether oxygens (including phenoxy) is 1. The number of methoxy groups -OCH3 is 1. The Bertz CT molecular complexity index is 504. The molecule has 2 amide bonds. The number of hydrogen-bond donors (Lipinski definition) is 3. The summed E-state index contributed by atoms with van der Waals surface area (Å²) < 4.78 is 30.8. The molecule has 0 saturated carbocycles. The van der Waals surface area contributed by atoms with Crippen LogP contribution in [0.4, 0.5) is 19.3 Å². The van der Waals surface area contributed by atoms with Gasteiger partial charge in [-0.05, 0) is 6.07 Å². The molecule has 0 saturated heterocycles. The minimum atomic E-state index is -1.27. The van der Waals surface area contributed by atoms with Crippen LogP contribution in [0, 0.1) is 11.6 Å². The number of carboxylic acid groups (broad SMARTS) is 1. The van der Waals surface area contributed by atoms with E-state index in [1.807, 2.05) is 0 Å². The molecular formula is C11H11ClF2N2O4. The zero-order valence-electron chi connectivity index (χ0n) is 10.2. The first-order valence-corrected chi connectivity index (χ1v) is 5.68. The molecule has 0 aliphatic rings. The molecule has 0 radical (unpaired) electrons. The molecule has 0 aromatic heterocycles. The van der Waals surface area contributed by atoms with Gasteiger partial charge in [-0.2, -0.15) is 0 Å². The van der Waals surface area contributed by atoms with Gasteiger partial charge in [0.05, 0.1) is 17.3 Å². The van der Waals surface area contributed by atoms with Crippen LogP contribution >= 0.6 is 11.6 Å². The molecule has 0 aliphatic heterocycles. The number of urea groups is 1. The van der Waals surface area contributed by atoms with Crippen molar-refractivity contribution in [2.75, 3.05) is 19.0 Å². The number of carbonyl (C=O) groups excluding carboxylic acids is 1. The minimum Gasteiger partial charge on any atom is -0.479 e. The molecule has 0 bridgehead atoms. The van der Waals surface area contributed by atoms with Gasteiger partial charge in [-0.15, -0.1) is 0 Å². The fourth-order valence-corrected chi connectivity index (χ4v) is 1.52. The number of rotatable bonds is 5. The fourth-order valence-electron chi connectivity index (χ4n) is 1.28. The monoisotopic (exact) mass is 308 g/mol. The van der Waals surface area contributed by atoms with Crippen LogP contribution in [0.5, 0.6) is 0 Å². The summed E-state index contributed by atoms with van der Waals surface area (Å²) in [5.41, 5.74) is -0.408. The van der Waals surface area contributed by atoms with E-state index in [2.05, 4.69) is 15.4 Å². The number of anilines is 1. The van der Waals surface area contributed by atoms with E-state index < -0.39 is 35.4 Å². The van der Waals surface area contributed by atoms with E-state index in [0.29, 0.717) is 6.07 Å². The summed E-state index contributed by atoms with van der Waals surface area (Å²) in [5.74, 6) is -3.20. The molecule has 9 heteroatoms. The quantitative estimate of drug-likeness (QED) is 0.774. The van der Waals surface area contributed by atoms with Crippen molar-refractivity contribution in [3.05, 3.63) is 28.8 Å². The summed E-state index contributed by atoms with van der Waals surface area (Å²) in [6, 6.07) is 0.479. The Morgan fingerprint density at radius 2 is 2.10 bits per heavy atom. The highest BCUT2D eigenvalue weighted by atomic mass is 35.5. The molecule has 0 heterocycles. The molecule has 1 aromatic rings. The van der Waals surface area contributed by atoms with E-state index >= 15 is 0 Å². The summed E-state index contributed by atoms with van der Waals surface area (Å²) in [6.45, 7) is -0.335. The number of benzene rings is 1. The summed E-state index contributed by atoms with van der Waals surface area (Å²) in [4.78, 5) is 22.1. The van der Waals surface area contributed by atoms with Crippen molar-refractivity contribution in [3.8, 4) is 0 Å². The molecule has 1 atom stereocenters. The third-order valence-electron chi connectivity index (χ3n) is 2.25. The molecule has 1 aromatic carbocycles. The van der Waals surface area contributed by atoms with Gasteiger partial charge >= 0.3 is 12.0 Å². The maximum absolute atomic E-state index is 13.4. The van der Waals surface area contributed by atoms with Crippen molar-refractivity contribution < 1.29 is 28.2 Å². The summed E-state index contributed by atoms with van der Waals surface area (Å²) in [5, 5.41) is 12.6. The van der Waals surface area contributed by atoms with Crippen LogP contribution in [0.25, 0.3) is 0 Å². The lowest BCUT2D eigenvalue weighted by Gasteiger charge is -2.13. The zero-order valence-corrected chi connectivity index (χ0v) is 11.0. The number of nitrogens with one attached hydrogen (secondary N) is 2. The van der Waals surface area contributed by atoms with Crippen molar-refractivity contribution >= 4 is 29.3 Å². The minimum absolute atomic E-state index is 0.320. The van der Waals surface area contributed by atoms with Gasteiger partial charge in [0.15, 0.2) is 11.9 Å². The fraction of sp³-hybridized carbons (Fsp3) is 0.273. The number of aliphatic carboxylic acids is 1. The lowest BCUT2D eigenvalue weighted by atomic mass is 10.3. The van der Waals surface area contributed by atoms with Crippen molar-refractivity contribution in [2.24, 2.45) is 0 Å². The van der Waals surface area contributed by atoms with Gasteiger partial charge in [0.1, 0.15) is 5.82 Å². The maximum atomic E-state index is 13.4. The van der Waals surface area contributed by atoms with Gasteiger partial charge < -0.3 is 20.5 Å². The van der Waals surface area contributed by atoms with Crippen molar-refractivity contribution in [1.29, 1.82) is 0 Å². The van der Waals surface area contributed by atoms with E-state index in [9.17, 15) is 18.4 Å². The van der Waals surface area contributed by atoms with Crippen LogP contribution in [0.1, 0.15) is 0 Å². The van der Waals surface area contributed by atoms with Gasteiger partial charge in [-0.3, -0.25) is 0 Å². The van der Waals surface area contributed by atoms with Crippen LogP contribution in [-0.4, -0.2) is 36.9 Å². The standard InChI is InChI=1S/C11H11ClF2N2O4/c1-20-8(10(17)18)4-15-11(19)16-9-6(12)2-5(13)3-7(9)14/h2-3,8H,4H2,1H3,(H,17,18)(H2,15,16,19). The number of hydrogen-bond acceptors (Lipinski definition) is 3. The first kappa shape index (κ1) is 16.1. The first-order chi connectivity index (χ1) is 9.35. The average Bonchev–Trinajstić information content (AvgIpc) is 2.34. The van der Waals surface area contributed by atoms with E-state index in [-0.39, 0.29) is 11.6 Å². The molecule has 110 valence electrons. The smallest absolute Gasteiger partial charge is 0.334 e. The lowest BCUT2D eigenvalue weighted by molar-refractivity contribution is -0.147. The second-order valence-corrected chi connectivity index (χ2v) is 4.05. The highest BCUT2D eigenvalue weighted by Crippen LogP contribution is 2.26. The largest absolute Gasteiger partial charge is 0.479 e. The SMILES string of the molecule is COC(CNC(=O)Nc1c(F)cc(F)cc1Cl)C(=O)O. The van der Waals surface area contributed by atoms with Gasteiger partial charge in [0.25, 0.3) is 0 Å². The van der Waals surface area contributed by atoms with Gasteiger partial charge in [0, 0.05) is 13.2 Å². The number of carboxylic acids is 1. The van der Waals surface area contributed by atoms with Gasteiger partial charge in [-0.1, -0.05) is 11.6 Å². The second kappa shape index (κ2) is 7.01. The lowest BCUT2D eigenvalue weighted by Crippen LogP contribution is -2.39. The highest BCUT2D eigenvalue weighted by Gasteiger charge is 2.18.